The van der Waals surface area contributed by atoms with Crippen molar-refractivity contribution in [1.82, 2.24) is 0 Å². The second-order valence-corrected chi connectivity index (χ2v) is 10.7. The summed E-state index contributed by atoms with van der Waals surface area (Å²) in [7, 11) is 0. The molecule has 2 aliphatic rings. The van der Waals surface area contributed by atoms with Gasteiger partial charge in [-0.25, -0.2) is 0 Å². The van der Waals surface area contributed by atoms with Gasteiger partial charge in [0.2, 0.25) is 0 Å². The number of benzene rings is 7. The monoisotopic (exact) mass is 460 g/mol. The second-order valence-electron chi connectivity index (χ2n) is 10.7. The number of rotatable bonds is 0. The molecular formula is C36H28. The maximum Gasteiger partial charge on any atom is -0.00264 e. The van der Waals surface area contributed by atoms with E-state index in [1.807, 2.05) is 0 Å². The molecule has 0 bridgehead atoms. The largest absolute Gasteiger partial charge is 0.0614 e. The number of aryl methyl sites for hydroxylation is 2. The van der Waals surface area contributed by atoms with Crippen LogP contribution < -0.4 is 0 Å². The molecule has 0 N–H and O–H groups in total. The van der Waals surface area contributed by atoms with Gasteiger partial charge in [-0.3, -0.25) is 0 Å². The van der Waals surface area contributed by atoms with Gasteiger partial charge in [-0.15, -0.1) is 0 Å². The highest BCUT2D eigenvalue weighted by Gasteiger charge is 2.26. The Morgan fingerprint density at radius 3 is 1.53 bits per heavy atom. The molecule has 7 aromatic carbocycles. The maximum absolute atomic E-state index is 2.37. The zero-order valence-electron chi connectivity index (χ0n) is 20.4. The average Bonchev–Trinajstić information content (AvgIpc) is 2.95. The highest BCUT2D eigenvalue weighted by molar-refractivity contribution is 6.32. The Morgan fingerprint density at radius 2 is 0.944 bits per heavy atom. The van der Waals surface area contributed by atoms with Crippen molar-refractivity contribution in [2.75, 3.05) is 0 Å². The summed E-state index contributed by atoms with van der Waals surface area (Å²) in [5.41, 5.74) is 4.94. The molecule has 0 radical (unpaired) electrons. The molecule has 9 rings (SSSR count). The molecule has 0 saturated heterocycles. The minimum atomic E-state index is 0.863. The minimum absolute atomic E-state index is 0.863. The van der Waals surface area contributed by atoms with Crippen molar-refractivity contribution in [3.63, 3.8) is 0 Å². The molecular weight excluding hydrogens is 432 g/mol. The standard InChI is InChI=1S/C20H12.C16H16/c1-5-13-6-2-11-17-18-12-4-8-14-7-3-10-16(20(14)18)15(9-1)19(13)17;1-3-11-7-9-13-5-2-6-14-10-8-12(4-1)15(11)16(13)14/h1-12H;1,3-4,7,9,14H,2,5-6,8,10H2. The molecule has 0 saturated carbocycles. The molecule has 0 spiro atoms. The zero-order valence-corrected chi connectivity index (χ0v) is 20.4. The maximum atomic E-state index is 2.37. The smallest absolute Gasteiger partial charge is 0.00264 e. The predicted octanol–water partition coefficient (Wildman–Crippen LogP) is 9.94. The van der Waals surface area contributed by atoms with Crippen LogP contribution in [0.2, 0.25) is 0 Å². The van der Waals surface area contributed by atoms with Crippen LogP contribution in [-0.2, 0) is 12.8 Å². The van der Waals surface area contributed by atoms with Crippen LogP contribution in [0.25, 0.3) is 53.9 Å². The number of hydrogen-bond donors (Lipinski definition) is 0. The molecule has 172 valence electrons. The van der Waals surface area contributed by atoms with E-state index in [-0.39, 0.29) is 0 Å². The summed E-state index contributed by atoms with van der Waals surface area (Å²) in [6, 6.07) is 38.0. The number of fused-ring (bicyclic) bond motifs is 2. The molecule has 0 aliphatic heterocycles. The lowest BCUT2D eigenvalue weighted by atomic mass is 9.73. The Labute approximate surface area is 211 Å². The summed E-state index contributed by atoms with van der Waals surface area (Å²) in [4.78, 5) is 0. The molecule has 1 unspecified atom stereocenters. The van der Waals surface area contributed by atoms with Gasteiger partial charge in [0.1, 0.15) is 0 Å². The van der Waals surface area contributed by atoms with E-state index in [9.17, 15) is 0 Å². The van der Waals surface area contributed by atoms with Crippen molar-refractivity contribution in [3.05, 3.63) is 120 Å². The fraction of sp³-hybridized carbons (Fsp3) is 0.167. The van der Waals surface area contributed by atoms with Crippen LogP contribution in [0.15, 0.2) is 103 Å². The van der Waals surface area contributed by atoms with Crippen LogP contribution in [0.5, 0.6) is 0 Å². The molecule has 0 heteroatoms. The van der Waals surface area contributed by atoms with Crippen LogP contribution in [0.3, 0.4) is 0 Å². The Hall–Kier alpha value is -3.90. The third kappa shape index (κ3) is 2.88. The third-order valence-electron chi connectivity index (χ3n) is 8.82. The summed E-state index contributed by atoms with van der Waals surface area (Å²) in [5, 5.41) is 14.0. The highest BCUT2D eigenvalue weighted by Crippen LogP contribution is 2.44. The van der Waals surface area contributed by atoms with Crippen molar-refractivity contribution in [2.24, 2.45) is 0 Å². The minimum Gasteiger partial charge on any atom is -0.0614 e. The molecule has 1 atom stereocenters. The van der Waals surface area contributed by atoms with Gasteiger partial charge >= 0.3 is 0 Å². The van der Waals surface area contributed by atoms with Gasteiger partial charge in [0.05, 0.1) is 0 Å². The molecule has 7 aromatic rings. The van der Waals surface area contributed by atoms with Gasteiger partial charge in [0, 0.05) is 0 Å². The average molecular weight is 461 g/mol. The molecule has 0 amide bonds. The molecule has 36 heavy (non-hydrogen) atoms. The van der Waals surface area contributed by atoms with E-state index in [1.54, 1.807) is 22.1 Å². The topological polar surface area (TPSA) is 0 Å². The molecule has 0 nitrogen and oxygen atoms in total. The van der Waals surface area contributed by atoms with Gasteiger partial charge in [-0.05, 0) is 109 Å². The lowest BCUT2D eigenvalue weighted by Crippen LogP contribution is -2.15. The Bertz CT molecular complexity index is 1750. The van der Waals surface area contributed by atoms with E-state index in [2.05, 4.69) is 103 Å². The first-order valence-electron chi connectivity index (χ1n) is 13.4. The van der Waals surface area contributed by atoms with Gasteiger partial charge in [-0.1, -0.05) is 103 Å². The molecule has 2 aliphatic carbocycles. The Morgan fingerprint density at radius 1 is 0.417 bits per heavy atom. The lowest BCUT2D eigenvalue weighted by Gasteiger charge is -2.31. The van der Waals surface area contributed by atoms with Crippen LogP contribution in [0.4, 0.5) is 0 Å². The van der Waals surface area contributed by atoms with Crippen molar-refractivity contribution in [3.8, 4) is 0 Å². The van der Waals surface area contributed by atoms with Crippen molar-refractivity contribution >= 4 is 53.9 Å². The van der Waals surface area contributed by atoms with Gasteiger partial charge in [0.15, 0.2) is 0 Å². The van der Waals surface area contributed by atoms with Crippen molar-refractivity contribution in [1.29, 1.82) is 0 Å². The number of hydrogen-bond acceptors (Lipinski definition) is 0. The molecule has 0 fully saturated rings. The van der Waals surface area contributed by atoms with Crippen LogP contribution in [0.1, 0.15) is 41.9 Å². The molecule has 0 heterocycles. The first-order valence-corrected chi connectivity index (χ1v) is 13.4. The van der Waals surface area contributed by atoms with Crippen molar-refractivity contribution in [2.45, 2.75) is 38.0 Å². The first-order chi connectivity index (χ1) is 17.9. The van der Waals surface area contributed by atoms with E-state index in [0.717, 1.165) is 5.92 Å². The SMILES string of the molecule is c1cc2c3c4c(ccc3c1)CCCC4CC2.c1cc2cccc3c4cccc5cccc(c(c1)c23)c54. The summed E-state index contributed by atoms with van der Waals surface area (Å²) < 4.78 is 0. The zero-order chi connectivity index (χ0) is 23.6. The fourth-order valence-electron chi connectivity index (χ4n) is 7.30. The van der Waals surface area contributed by atoms with Crippen LogP contribution in [0, 0.1) is 0 Å². The van der Waals surface area contributed by atoms with Crippen LogP contribution >= 0.6 is 0 Å². The van der Waals surface area contributed by atoms with E-state index < -0.39 is 0 Å². The van der Waals surface area contributed by atoms with Crippen LogP contribution in [-0.4, -0.2) is 0 Å². The quantitative estimate of drug-likeness (QED) is 0.156. The Kier molecular flexibility index (Phi) is 4.40. The van der Waals surface area contributed by atoms with Gasteiger partial charge in [0.25, 0.3) is 0 Å². The summed E-state index contributed by atoms with van der Waals surface area (Å²) in [5.74, 6) is 0.863. The normalized spacial score (nSPS) is 16.6. The summed E-state index contributed by atoms with van der Waals surface area (Å²) in [6.07, 6.45) is 6.78. The summed E-state index contributed by atoms with van der Waals surface area (Å²) in [6.45, 7) is 0. The van der Waals surface area contributed by atoms with E-state index in [4.69, 9.17) is 0 Å². The second kappa shape index (κ2) is 7.80. The highest BCUT2D eigenvalue weighted by atomic mass is 14.3. The van der Waals surface area contributed by atoms with Crippen molar-refractivity contribution < 1.29 is 0 Å². The van der Waals surface area contributed by atoms with E-state index >= 15 is 0 Å². The third-order valence-corrected chi connectivity index (χ3v) is 8.82. The summed E-state index contributed by atoms with van der Waals surface area (Å²) >= 11 is 0. The Balaban J connectivity index is 0.000000117. The van der Waals surface area contributed by atoms with Gasteiger partial charge in [-0.2, -0.15) is 0 Å². The first kappa shape index (κ1) is 20.3. The fourth-order valence-corrected chi connectivity index (χ4v) is 7.30. The van der Waals surface area contributed by atoms with Gasteiger partial charge < -0.3 is 0 Å². The lowest BCUT2D eigenvalue weighted by molar-refractivity contribution is 0.516. The predicted molar refractivity (Wildman–Crippen MR) is 156 cm³/mol. The van der Waals surface area contributed by atoms with E-state index in [0.29, 0.717) is 0 Å². The van der Waals surface area contributed by atoms with E-state index in [1.165, 1.54) is 80.6 Å². The molecule has 0 aromatic heterocycles.